The lowest BCUT2D eigenvalue weighted by atomic mass is 10.2. The molecule has 0 spiro atoms. The zero-order valence-corrected chi connectivity index (χ0v) is 13.0. The van der Waals surface area contributed by atoms with Crippen molar-refractivity contribution in [3.8, 4) is 0 Å². The third-order valence-corrected chi connectivity index (χ3v) is 3.64. The highest BCUT2D eigenvalue weighted by atomic mass is 35.5. The van der Waals surface area contributed by atoms with Gasteiger partial charge < -0.3 is 15.1 Å². The Labute approximate surface area is 129 Å². The van der Waals surface area contributed by atoms with Crippen molar-refractivity contribution in [2.75, 3.05) is 32.0 Å². The molecule has 1 fully saturated rings. The summed E-state index contributed by atoms with van der Waals surface area (Å²) in [6.07, 6.45) is 0.991. The fourth-order valence-electron chi connectivity index (χ4n) is 2.03. The van der Waals surface area contributed by atoms with Crippen molar-refractivity contribution >= 4 is 29.2 Å². The van der Waals surface area contributed by atoms with Crippen molar-refractivity contribution in [1.82, 2.24) is 14.8 Å². The highest BCUT2D eigenvalue weighted by Crippen LogP contribution is 2.19. The summed E-state index contributed by atoms with van der Waals surface area (Å²) in [4.78, 5) is 31.0. The number of aromatic nitrogens is 1. The normalized spacial score (nSPS) is 15.6. The number of rotatable bonds is 5. The molecule has 1 saturated heterocycles. The maximum atomic E-state index is 12.0. The van der Waals surface area contributed by atoms with E-state index in [2.05, 4.69) is 17.2 Å². The second-order valence-electron chi connectivity index (χ2n) is 5.05. The maximum Gasteiger partial charge on any atom is 0.243 e. The summed E-state index contributed by atoms with van der Waals surface area (Å²) in [5.74, 6) is 0.553. The van der Waals surface area contributed by atoms with Crippen LogP contribution < -0.4 is 5.32 Å². The van der Waals surface area contributed by atoms with E-state index in [0.717, 1.165) is 18.8 Å². The Kier molecular flexibility index (Phi) is 5.01. The van der Waals surface area contributed by atoms with Crippen LogP contribution >= 0.6 is 11.6 Å². The fourth-order valence-corrected chi connectivity index (χ4v) is 2.20. The van der Waals surface area contributed by atoms with Gasteiger partial charge in [0, 0.05) is 13.6 Å². The molecule has 2 rings (SSSR count). The van der Waals surface area contributed by atoms with Gasteiger partial charge in [0.25, 0.3) is 0 Å². The van der Waals surface area contributed by atoms with Gasteiger partial charge in [-0.05, 0) is 18.6 Å². The number of likely N-dealkylation sites (N-methyl/N-ethyl adjacent to an activating group) is 1. The van der Waals surface area contributed by atoms with Crippen molar-refractivity contribution < 1.29 is 9.59 Å². The molecule has 114 valence electrons. The van der Waals surface area contributed by atoms with Gasteiger partial charge in [-0.15, -0.1) is 0 Å². The number of carbonyl (C=O) groups is 2. The summed E-state index contributed by atoms with van der Waals surface area (Å²) in [6, 6.07) is 3.56. The third kappa shape index (κ3) is 3.85. The van der Waals surface area contributed by atoms with Crippen LogP contribution in [0.3, 0.4) is 0 Å². The van der Waals surface area contributed by atoms with Crippen LogP contribution in [-0.4, -0.2) is 53.3 Å². The van der Waals surface area contributed by atoms with E-state index in [-0.39, 0.29) is 31.4 Å². The van der Waals surface area contributed by atoms with Gasteiger partial charge in [-0.2, -0.15) is 0 Å². The van der Waals surface area contributed by atoms with E-state index in [0.29, 0.717) is 10.7 Å². The minimum atomic E-state index is -0.0955. The number of halogens is 1. The number of amides is 2. The van der Waals surface area contributed by atoms with E-state index < -0.39 is 0 Å². The lowest BCUT2D eigenvalue weighted by Gasteiger charge is -2.31. The minimum Gasteiger partial charge on any atom is -0.370 e. The second-order valence-corrected chi connectivity index (χ2v) is 5.46. The monoisotopic (exact) mass is 310 g/mol. The molecule has 0 atom stereocenters. The lowest BCUT2D eigenvalue weighted by molar-refractivity contribution is -0.149. The quantitative estimate of drug-likeness (QED) is 0.892. The fraction of sp³-hybridized carbons (Fsp3) is 0.500. The summed E-state index contributed by atoms with van der Waals surface area (Å²) in [5.41, 5.74) is 0.600. The number of anilines is 1. The average Bonchev–Trinajstić information content (AvgIpc) is 2.45. The van der Waals surface area contributed by atoms with Gasteiger partial charge in [-0.3, -0.25) is 9.59 Å². The first-order chi connectivity index (χ1) is 10.0. The number of nitrogens with zero attached hydrogens (tertiary/aromatic N) is 3. The molecule has 2 heterocycles. The lowest BCUT2D eigenvalue weighted by Crippen LogP contribution is -2.51. The summed E-state index contributed by atoms with van der Waals surface area (Å²) in [7, 11) is 1.62. The standard InChI is InChI=1S/C14H19ClN4O2/c1-3-6-16-12-5-4-10(15)11(17-12)7-19-9-13(20)18(2)8-14(19)21/h4-5H,3,6-9H2,1-2H3,(H,16,17). The molecule has 21 heavy (non-hydrogen) atoms. The molecule has 0 unspecified atom stereocenters. The van der Waals surface area contributed by atoms with E-state index in [4.69, 9.17) is 11.6 Å². The molecule has 1 N–H and O–H groups in total. The Hall–Kier alpha value is -1.82. The molecule has 0 aromatic carbocycles. The van der Waals surface area contributed by atoms with Crippen molar-refractivity contribution in [2.45, 2.75) is 19.9 Å². The Bertz CT molecular complexity index is 550. The largest absolute Gasteiger partial charge is 0.370 e. The SMILES string of the molecule is CCCNc1ccc(Cl)c(CN2CC(=O)N(C)CC2=O)n1. The smallest absolute Gasteiger partial charge is 0.243 e. The van der Waals surface area contributed by atoms with Crippen molar-refractivity contribution in [3.05, 3.63) is 22.8 Å². The highest BCUT2D eigenvalue weighted by molar-refractivity contribution is 6.31. The number of nitrogens with one attached hydrogen (secondary N) is 1. The molecule has 0 bridgehead atoms. The maximum absolute atomic E-state index is 12.0. The van der Waals surface area contributed by atoms with Crippen LogP contribution in [0.1, 0.15) is 19.0 Å². The van der Waals surface area contributed by atoms with E-state index in [9.17, 15) is 9.59 Å². The number of piperazine rings is 1. The first kappa shape index (κ1) is 15.6. The third-order valence-electron chi connectivity index (χ3n) is 3.29. The van der Waals surface area contributed by atoms with Crippen LogP contribution in [0.5, 0.6) is 0 Å². The molecule has 1 aliphatic heterocycles. The number of pyridine rings is 1. The number of carbonyl (C=O) groups excluding carboxylic acids is 2. The first-order valence-corrected chi connectivity index (χ1v) is 7.30. The van der Waals surface area contributed by atoms with Crippen molar-refractivity contribution in [3.63, 3.8) is 0 Å². The van der Waals surface area contributed by atoms with Crippen LogP contribution in [0.4, 0.5) is 5.82 Å². The predicted octanol–water partition coefficient (Wildman–Crippen LogP) is 1.36. The van der Waals surface area contributed by atoms with Crippen LogP contribution in [0.25, 0.3) is 0 Å². The number of hydrogen-bond acceptors (Lipinski definition) is 4. The van der Waals surface area contributed by atoms with Crippen LogP contribution in [0, 0.1) is 0 Å². The van der Waals surface area contributed by atoms with E-state index in [1.807, 2.05) is 0 Å². The topological polar surface area (TPSA) is 65.5 Å². The first-order valence-electron chi connectivity index (χ1n) is 6.92. The molecule has 7 heteroatoms. The Morgan fingerprint density at radius 1 is 1.29 bits per heavy atom. The summed E-state index contributed by atoms with van der Waals surface area (Å²) < 4.78 is 0. The molecule has 0 saturated carbocycles. The van der Waals surface area contributed by atoms with Crippen LogP contribution in [-0.2, 0) is 16.1 Å². The minimum absolute atomic E-state index is 0.0694. The molecule has 6 nitrogen and oxygen atoms in total. The molecule has 2 amide bonds. The summed E-state index contributed by atoms with van der Waals surface area (Å²) in [5, 5.41) is 3.67. The van der Waals surface area contributed by atoms with Gasteiger partial charge in [-0.1, -0.05) is 18.5 Å². The average molecular weight is 311 g/mol. The Morgan fingerprint density at radius 2 is 2.05 bits per heavy atom. The van der Waals surface area contributed by atoms with E-state index in [1.165, 1.54) is 9.80 Å². The Morgan fingerprint density at radius 3 is 2.76 bits per heavy atom. The zero-order valence-electron chi connectivity index (χ0n) is 12.2. The molecule has 1 aromatic heterocycles. The molecule has 0 radical (unpaired) electrons. The molecule has 0 aliphatic carbocycles. The predicted molar refractivity (Wildman–Crippen MR) is 81.1 cm³/mol. The van der Waals surface area contributed by atoms with Gasteiger partial charge in [-0.25, -0.2) is 4.98 Å². The van der Waals surface area contributed by atoms with Gasteiger partial charge in [0.2, 0.25) is 11.8 Å². The number of hydrogen-bond donors (Lipinski definition) is 1. The molecule has 1 aliphatic rings. The van der Waals surface area contributed by atoms with Gasteiger partial charge in [0.05, 0.1) is 23.8 Å². The molecule has 1 aromatic rings. The van der Waals surface area contributed by atoms with Gasteiger partial charge in [0.1, 0.15) is 12.4 Å². The summed E-state index contributed by atoms with van der Waals surface area (Å²) >= 11 is 6.14. The van der Waals surface area contributed by atoms with E-state index in [1.54, 1.807) is 19.2 Å². The van der Waals surface area contributed by atoms with E-state index >= 15 is 0 Å². The Balaban J connectivity index is 2.11. The van der Waals surface area contributed by atoms with Crippen LogP contribution in [0.2, 0.25) is 5.02 Å². The molecular formula is C14H19ClN4O2. The van der Waals surface area contributed by atoms with Crippen LogP contribution in [0.15, 0.2) is 12.1 Å². The highest BCUT2D eigenvalue weighted by Gasteiger charge is 2.28. The van der Waals surface area contributed by atoms with Gasteiger partial charge in [0.15, 0.2) is 0 Å². The zero-order chi connectivity index (χ0) is 15.4. The second kappa shape index (κ2) is 6.76. The summed E-state index contributed by atoms with van der Waals surface area (Å²) in [6.45, 7) is 3.31. The van der Waals surface area contributed by atoms with Crippen molar-refractivity contribution in [2.24, 2.45) is 0 Å². The molecular weight excluding hydrogens is 292 g/mol. The van der Waals surface area contributed by atoms with Gasteiger partial charge >= 0.3 is 0 Å². The van der Waals surface area contributed by atoms with Crippen molar-refractivity contribution in [1.29, 1.82) is 0 Å².